The van der Waals surface area contributed by atoms with E-state index in [1.807, 2.05) is 10.8 Å². The van der Waals surface area contributed by atoms with E-state index in [9.17, 15) is 0 Å². The van der Waals surface area contributed by atoms with Crippen molar-refractivity contribution in [3.05, 3.63) is 0 Å². The predicted molar refractivity (Wildman–Crippen MR) is 96.5 cm³/mol. The number of rotatable bonds is 5. The Morgan fingerprint density at radius 2 is 1.80 bits per heavy atom. The van der Waals surface area contributed by atoms with Crippen LogP contribution in [-0.2, 0) is 0 Å². The van der Waals surface area contributed by atoms with Gasteiger partial charge in [0.05, 0.1) is 0 Å². The molecule has 0 bridgehead atoms. The molecule has 118 valence electrons. The predicted octanol–water partition coefficient (Wildman–Crippen LogP) is 2.03. The molecule has 0 spiro atoms. The van der Waals surface area contributed by atoms with Gasteiger partial charge in [0, 0.05) is 40.3 Å². The van der Waals surface area contributed by atoms with E-state index in [-0.39, 0.29) is 22.5 Å². The van der Waals surface area contributed by atoms with Crippen molar-refractivity contribution < 1.29 is 0 Å². The molecular weight excluding hydrogens is 358 g/mol. The Balaban J connectivity index is 0.00000200. The molecule has 20 heavy (non-hydrogen) atoms. The van der Waals surface area contributed by atoms with Crippen LogP contribution in [0.3, 0.4) is 0 Å². The van der Waals surface area contributed by atoms with Crippen LogP contribution in [0.4, 0.5) is 0 Å². The highest BCUT2D eigenvalue weighted by Crippen LogP contribution is 2.39. The molecule has 2 rings (SSSR count). The average Bonchev–Trinajstić information content (AvgIpc) is 2.98. The quantitative estimate of drug-likeness (QED) is 0.673. The van der Waals surface area contributed by atoms with Crippen LogP contribution in [0.2, 0.25) is 0 Å². The van der Waals surface area contributed by atoms with Crippen molar-refractivity contribution >= 4 is 43.7 Å². The summed E-state index contributed by atoms with van der Waals surface area (Å²) in [5.74, 6) is 0. The third kappa shape index (κ3) is 5.06. The molecule has 0 aromatic heterocycles. The lowest BCUT2D eigenvalue weighted by atomic mass is 10.4. The molecule has 2 aliphatic heterocycles. The zero-order chi connectivity index (χ0) is 13.8. The largest absolute Gasteiger partial charge is 0.357 e. The lowest BCUT2D eigenvalue weighted by Gasteiger charge is -2.34. The van der Waals surface area contributed by atoms with Gasteiger partial charge < -0.3 is 9.80 Å². The first kappa shape index (κ1) is 18.6. The molecule has 1 fully saturated rings. The second kappa shape index (κ2) is 8.85. The number of nitrogens with zero attached hydrogens (tertiary/aromatic N) is 5. The van der Waals surface area contributed by atoms with Gasteiger partial charge in [-0.05, 0) is 48.5 Å². The van der Waals surface area contributed by atoms with Gasteiger partial charge in [0.2, 0.25) is 0 Å². The third-order valence-corrected chi connectivity index (χ3v) is 5.78. The van der Waals surface area contributed by atoms with Crippen molar-refractivity contribution in [2.75, 3.05) is 54.4 Å². The second-order valence-corrected chi connectivity index (χ2v) is 7.66. The number of halogens is 1. The SMILES string of the molecule is Br.CN(C)CCN(C1N=C(N(C)C)SS1)N1CCCC1. The molecule has 1 atom stereocenters. The Labute approximate surface area is 141 Å². The van der Waals surface area contributed by atoms with Crippen molar-refractivity contribution in [1.82, 2.24) is 19.8 Å². The molecule has 8 heteroatoms. The summed E-state index contributed by atoms with van der Waals surface area (Å²) in [5.41, 5.74) is 0.237. The molecule has 0 saturated carbocycles. The van der Waals surface area contributed by atoms with E-state index in [1.165, 1.54) is 25.9 Å². The Morgan fingerprint density at radius 3 is 2.30 bits per heavy atom. The highest BCUT2D eigenvalue weighted by atomic mass is 79.9. The number of aliphatic imine (C=N–C) groups is 1. The molecular formula is C12H26BrN5S2. The number of hydrogen-bond acceptors (Lipinski definition) is 7. The van der Waals surface area contributed by atoms with Gasteiger partial charge in [-0.2, -0.15) is 0 Å². The minimum atomic E-state index is 0. The maximum Gasteiger partial charge on any atom is 0.175 e. The second-order valence-electron chi connectivity index (χ2n) is 5.44. The normalized spacial score (nSPS) is 23.3. The Kier molecular flexibility index (Phi) is 8.22. The lowest BCUT2D eigenvalue weighted by Crippen LogP contribution is -2.47. The number of amidine groups is 1. The molecule has 2 aliphatic rings. The summed E-state index contributed by atoms with van der Waals surface area (Å²) >= 11 is 0. The molecule has 0 aromatic rings. The summed E-state index contributed by atoms with van der Waals surface area (Å²) in [4.78, 5) is 9.19. The zero-order valence-corrected chi connectivity index (χ0v) is 16.1. The molecule has 0 aliphatic carbocycles. The van der Waals surface area contributed by atoms with Crippen molar-refractivity contribution in [1.29, 1.82) is 0 Å². The Bertz CT molecular complexity index is 321. The molecule has 5 nitrogen and oxygen atoms in total. The molecule has 0 amide bonds. The van der Waals surface area contributed by atoms with Crippen LogP contribution >= 0.6 is 38.6 Å². The molecule has 1 saturated heterocycles. The minimum absolute atomic E-state index is 0. The smallest absolute Gasteiger partial charge is 0.175 e. The maximum absolute atomic E-state index is 4.84. The number of hydrazine groups is 1. The molecule has 0 N–H and O–H groups in total. The highest BCUT2D eigenvalue weighted by molar-refractivity contribution is 8.93. The summed E-state index contributed by atoms with van der Waals surface area (Å²) in [6.07, 6.45) is 2.63. The van der Waals surface area contributed by atoms with Crippen molar-refractivity contribution in [3.8, 4) is 0 Å². The van der Waals surface area contributed by atoms with Gasteiger partial charge in [-0.1, -0.05) is 0 Å². The number of likely N-dealkylation sites (N-methyl/N-ethyl adjacent to an activating group) is 1. The fraction of sp³-hybridized carbons (Fsp3) is 0.917. The summed E-state index contributed by atoms with van der Waals surface area (Å²) in [5, 5.41) is 6.08. The van der Waals surface area contributed by atoms with Crippen molar-refractivity contribution in [2.24, 2.45) is 4.99 Å². The highest BCUT2D eigenvalue weighted by Gasteiger charge is 2.31. The van der Waals surface area contributed by atoms with Gasteiger partial charge in [0.1, 0.15) is 0 Å². The fourth-order valence-electron chi connectivity index (χ4n) is 2.18. The summed E-state index contributed by atoms with van der Waals surface area (Å²) in [6.45, 7) is 4.49. The molecule has 0 aromatic carbocycles. The first-order chi connectivity index (χ1) is 9.08. The van der Waals surface area contributed by atoms with Gasteiger partial charge in [-0.25, -0.2) is 15.0 Å². The van der Waals surface area contributed by atoms with Gasteiger partial charge >= 0.3 is 0 Å². The average molecular weight is 384 g/mol. The molecule has 0 radical (unpaired) electrons. The maximum atomic E-state index is 4.84. The summed E-state index contributed by atoms with van der Waals surface area (Å²) in [7, 11) is 12.0. The van der Waals surface area contributed by atoms with Crippen LogP contribution in [0, 0.1) is 0 Å². The lowest BCUT2D eigenvalue weighted by molar-refractivity contribution is -0.0155. The van der Waals surface area contributed by atoms with E-state index in [0.29, 0.717) is 0 Å². The van der Waals surface area contributed by atoms with E-state index in [1.54, 1.807) is 10.8 Å². The first-order valence-corrected chi connectivity index (χ1v) is 9.04. The zero-order valence-electron chi connectivity index (χ0n) is 12.8. The minimum Gasteiger partial charge on any atom is -0.357 e. The van der Waals surface area contributed by atoms with E-state index in [4.69, 9.17) is 4.99 Å². The van der Waals surface area contributed by atoms with Crippen molar-refractivity contribution in [2.45, 2.75) is 18.3 Å². The van der Waals surface area contributed by atoms with Crippen LogP contribution in [0.5, 0.6) is 0 Å². The van der Waals surface area contributed by atoms with E-state index < -0.39 is 0 Å². The van der Waals surface area contributed by atoms with Crippen LogP contribution in [-0.4, -0.2) is 84.9 Å². The first-order valence-electron chi connectivity index (χ1n) is 6.82. The van der Waals surface area contributed by atoms with Crippen LogP contribution in [0.25, 0.3) is 0 Å². The monoisotopic (exact) mass is 383 g/mol. The summed E-state index contributed by atoms with van der Waals surface area (Å²) < 4.78 is 0. The molecule has 1 unspecified atom stereocenters. The topological polar surface area (TPSA) is 25.3 Å². The van der Waals surface area contributed by atoms with Crippen LogP contribution in [0.15, 0.2) is 4.99 Å². The number of hydrogen-bond donors (Lipinski definition) is 0. The van der Waals surface area contributed by atoms with E-state index >= 15 is 0 Å². The Hall–Kier alpha value is 0.530. The molecule has 2 heterocycles. The van der Waals surface area contributed by atoms with E-state index in [2.05, 4.69) is 48.0 Å². The standard InChI is InChI=1S/C12H25N5S2.BrH/c1-14(2)9-10-17(16-7-5-6-8-16)12-13-11(15(3)4)18-19-12;/h12H,5-10H2,1-4H3;1H. The third-order valence-electron chi connectivity index (χ3n) is 3.29. The van der Waals surface area contributed by atoms with E-state index in [0.717, 1.165) is 18.3 Å². The summed E-state index contributed by atoms with van der Waals surface area (Å²) in [6, 6.07) is 0. The van der Waals surface area contributed by atoms with Crippen LogP contribution < -0.4 is 0 Å². The van der Waals surface area contributed by atoms with Gasteiger partial charge in [0.15, 0.2) is 10.7 Å². The van der Waals surface area contributed by atoms with Gasteiger partial charge in [0.25, 0.3) is 0 Å². The fourth-order valence-corrected chi connectivity index (χ4v) is 4.71. The van der Waals surface area contributed by atoms with Gasteiger partial charge in [-0.15, -0.1) is 17.0 Å². The Morgan fingerprint density at radius 1 is 1.15 bits per heavy atom. The van der Waals surface area contributed by atoms with Crippen molar-refractivity contribution in [3.63, 3.8) is 0 Å². The van der Waals surface area contributed by atoms with Crippen LogP contribution in [0.1, 0.15) is 12.8 Å². The van der Waals surface area contributed by atoms with Gasteiger partial charge in [-0.3, -0.25) is 0 Å².